The average Bonchev–Trinajstić information content (AvgIpc) is 3.23. The molecule has 3 aromatic heterocycles. The molecular weight excluding hydrogens is 428 g/mol. The monoisotopic (exact) mass is 448 g/mol. The van der Waals surface area contributed by atoms with Crippen molar-refractivity contribution in [2.45, 2.75) is 30.8 Å². The lowest BCUT2D eigenvalue weighted by Gasteiger charge is -2.10. The van der Waals surface area contributed by atoms with Gasteiger partial charge in [-0.15, -0.1) is 10.2 Å². The van der Waals surface area contributed by atoms with Crippen LogP contribution in [0.1, 0.15) is 18.9 Å². The van der Waals surface area contributed by atoms with Gasteiger partial charge in [-0.05, 0) is 36.2 Å². The Morgan fingerprint density at radius 2 is 1.91 bits per heavy atom. The van der Waals surface area contributed by atoms with Crippen LogP contribution in [0.15, 0.2) is 67.7 Å². The summed E-state index contributed by atoms with van der Waals surface area (Å²) in [6, 6.07) is 14.4. The lowest BCUT2D eigenvalue weighted by atomic mass is 10.1. The van der Waals surface area contributed by atoms with Gasteiger partial charge in [0.1, 0.15) is 11.3 Å². The summed E-state index contributed by atoms with van der Waals surface area (Å²) in [5, 5.41) is 10.8. The molecule has 9 heteroatoms. The van der Waals surface area contributed by atoms with Gasteiger partial charge in [0.25, 0.3) is 5.56 Å². The molecular formula is C23H20N4O4S. The van der Waals surface area contributed by atoms with Crippen molar-refractivity contribution in [3.05, 3.63) is 74.9 Å². The predicted octanol–water partition coefficient (Wildman–Crippen LogP) is 3.86. The van der Waals surface area contributed by atoms with Crippen molar-refractivity contribution in [1.82, 2.24) is 19.2 Å². The Bertz CT molecular complexity index is 1580. The highest BCUT2D eigenvalue weighted by Gasteiger charge is 2.17. The van der Waals surface area contributed by atoms with E-state index in [1.165, 1.54) is 17.8 Å². The molecule has 0 aliphatic heterocycles. The Hall–Kier alpha value is -3.59. The van der Waals surface area contributed by atoms with E-state index >= 15 is 0 Å². The number of aryl methyl sites for hydroxylation is 1. The number of methoxy groups -OCH3 is 1. The van der Waals surface area contributed by atoms with Crippen LogP contribution in [0.25, 0.3) is 27.6 Å². The summed E-state index contributed by atoms with van der Waals surface area (Å²) in [6.07, 6.45) is 0.804. The van der Waals surface area contributed by atoms with Crippen molar-refractivity contribution in [2.24, 2.45) is 0 Å². The second kappa shape index (κ2) is 8.16. The minimum absolute atomic E-state index is 0.0699. The summed E-state index contributed by atoms with van der Waals surface area (Å²) in [5.74, 6) is 1.62. The Balaban J connectivity index is 1.62. The first-order chi connectivity index (χ1) is 15.6. The largest absolute Gasteiger partial charge is 0.497 e. The van der Waals surface area contributed by atoms with Crippen molar-refractivity contribution in [3.8, 4) is 5.75 Å². The molecule has 0 saturated heterocycles. The number of rotatable bonds is 6. The molecule has 8 nitrogen and oxygen atoms in total. The lowest BCUT2D eigenvalue weighted by molar-refractivity contribution is 0.414. The number of nitrogens with zero attached hydrogens (tertiary/aromatic N) is 4. The van der Waals surface area contributed by atoms with E-state index in [9.17, 15) is 9.59 Å². The van der Waals surface area contributed by atoms with Gasteiger partial charge in [0.15, 0.2) is 5.16 Å². The molecule has 0 N–H and O–H groups in total. The molecule has 0 amide bonds. The molecule has 3 heterocycles. The van der Waals surface area contributed by atoms with Crippen molar-refractivity contribution >= 4 is 39.4 Å². The van der Waals surface area contributed by atoms with Crippen LogP contribution >= 0.6 is 11.8 Å². The Labute approximate surface area is 186 Å². The molecule has 0 aliphatic carbocycles. The number of ether oxygens (including phenoxy) is 1. The minimum Gasteiger partial charge on any atom is -0.497 e. The molecule has 0 spiro atoms. The number of aromatic nitrogens is 4. The third kappa shape index (κ3) is 3.34. The summed E-state index contributed by atoms with van der Waals surface area (Å²) in [4.78, 5) is 25.1. The van der Waals surface area contributed by atoms with Crippen molar-refractivity contribution in [3.63, 3.8) is 0 Å². The fourth-order valence-corrected chi connectivity index (χ4v) is 4.78. The predicted molar refractivity (Wildman–Crippen MR) is 124 cm³/mol. The molecule has 5 aromatic rings. The van der Waals surface area contributed by atoms with Crippen LogP contribution in [0.3, 0.4) is 0 Å². The highest BCUT2D eigenvalue weighted by molar-refractivity contribution is 7.98. The summed E-state index contributed by atoms with van der Waals surface area (Å²) >= 11 is 1.45. The van der Waals surface area contributed by atoms with Gasteiger partial charge in [0.2, 0.25) is 5.78 Å². The molecule has 0 aliphatic rings. The van der Waals surface area contributed by atoms with Gasteiger partial charge in [0, 0.05) is 29.8 Å². The number of hydrogen-bond donors (Lipinski definition) is 0. The first-order valence-electron chi connectivity index (χ1n) is 10.2. The molecule has 2 aromatic carbocycles. The molecule has 0 atom stereocenters. The fourth-order valence-electron chi connectivity index (χ4n) is 3.85. The van der Waals surface area contributed by atoms with Crippen molar-refractivity contribution < 1.29 is 9.15 Å². The van der Waals surface area contributed by atoms with Gasteiger partial charge in [-0.25, -0.2) is 4.79 Å². The number of benzene rings is 2. The second-order valence-corrected chi connectivity index (χ2v) is 8.28. The smallest absolute Gasteiger partial charge is 0.336 e. The normalized spacial score (nSPS) is 11.6. The van der Waals surface area contributed by atoms with Crippen LogP contribution in [0.4, 0.5) is 0 Å². The van der Waals surface area contributed by atoms with E-state index < -0.39 is 5.63 Å². The van der Waals surface area contributed by atoms with E-state index in [4.69, 9.17) is 9.15 Å². The zero-order valence-corrected chi connectivity index (χ0v) is 18.4. The van der Waals surface area contributed by atoms with E-state index in [0.717, 1.165) is 22.9 Å². The van der Waals surface area contributed by atoms with Crippen LogP contribution in [-0.2, 0) is 12.3 Å². The van der Waals surface area contributed by atoms with E-state index in [0.29, 0.717) is 40.0 Å². The van der Waals surface area contributed by atoms with Gasteiger partial charge in [-0.2, -0.15) is 0 Å². The minimum atomic E-state index is -0.422. The van der Waals surface area contributed by atoms with E-state index in [1.54, 1.807) is 17.7 Å². The van der Waals surface area contributed by atoms with E-state index in [-0.39, 0.29) is 5.56 Å². The molecule has 0 radical (unpaired) electrons. The fraction of sp³-hybridized carbons (Fsp3) is 0.217. The average molecular weight is 449 g/mol. The van der Waals surface area contributed by atoms with Crippen LogP contribution in [0, 0.1) is 0 Å². The standard InChI is InChI=1S/C23H20N4O4S/c1-3-10-26-21(29)17-6-4-5-7-18(17)27-22(26)24-25-23(27)32-13-14-11-20(28)31-19-12-15(30-2)8-9-16(14)19/h4-9,11-12H,3,10,13H2,1-2H3. The highest BCUT2D eigenvalue weighted by Crippen LogP contribution is 2.29. The van der Waals surface area contributed by atoms with Crippen molar-refractivity contribution in [2.75, 3.05) is 7.11 Å². The molecule has 0 bridgehead atoms. The third-order valence-electron chi connectivity index (χ3n) is 5.32. The Morgan fingerprint density at radius 3 is 2.72 bits per heavy atom. The maximum atomic E-state index is 13.0. The molecule has 0 saturated carbocycles. The van der Waals surface area contributed by atoms with Gasteiger partial charge in [0.05, 0.1) is 18.0 Å². The van der Waals surface area contributed by atoms with Crippen LogP contribution < -0.4 is 15.9 Å². The lowest BCUT2D eigenvalue weighted by Crippen LogP contribution is -2.23. The summed E-state index contributed by atoms with van der Waals surface area (Å²) in [7, 11) is 1.57. The Kier molecular flexibility index (Phi) is 5.18. The summed E-state index contributed by atoms with van der Waals surface area (Å²) < 4.78 is 14.2. The van der Waals surface area contributed by atoms with Crippen LogP contribution in [-0.4, -0.2) is 26.3 Å². The molecule has 0 fully saturated rings. The SMILES string of the molecule is CCCn1c(=O)c2ccccc2n2c(SCc3cc(=O)oc4cc(OC)ccc34)nnc12. The van der Waals surface area contributed by atoms with Crippen LogP contribution in [0.2, 0.25) is 0 Å². The third-order valence-corrected chi connectivity index (χ3v) is 6.30. The Morgan fingerprint density at radius 1 is 1.06 bits per heavy atom. The molecule has 5 rings (SSSR count). The van der Waals surface area contributed by atoms with Crippen molar-refractivity contribution in [1.29, 1.82) is 0 Å². The summed E-state index contributed by atoms with van der Waals surface area (Å²) in [5.41, 5.74) is 1.57. The molecule has 162 valence electrons. The van der Waals surface area contributed by atoms with Gasteiger partial charge >= 0.3 is 5.63 Å². The van der Waals surface area contributed by atoms with E-state index in [1.807, 2.05) is 47.7 Å². The first-order valence-corrected chi connectivity index (χ1v) is 11.2. The zero-order valence-electron chi connectivity index (χ0n) is 17.6. The number of fused-ring (bicyclic) bond motifs is 4. The maximum absolute atomic E-state index is 13.0. The van der Waals surface area contributed by atoms with E-state index in [2.05, 4.69) is 10.2 Å². The quantitative estimate of drug-likeness (QED) is 0.288. The zero-order chi connectivity index (χ0) is 22.2. The van der Waals surface area contributed by atoms with Gasteiger partial charge in [-0.3, -0.25) is 13.8 Å². The number of thioether (sulfide) groups is 1. The summed E-state index contributed by atoms with van der Waals surface area (Å²) in [6.45, 7) is 2.58. The number of hydrogen-bond acceptors (Lipinski definition) is 7. The first kappa shape index (κ1) is 20.3. The van der Waals surface area contributed by atoms with Gasteiger partial charge < -0.3 is 9.15 Å². The maximum Gasteiger partial charge on any atom is 0.336 e. The second-order valence-electron chi connectivity index (χ2n) is 7.33. The molecule has 0 unspecified atom stereocenters. The van der Waals surface area contributed by atoms with Gasteiger partial charge in [-0.1, -0.05) is 30.8 Å². The van der Waals surface area contributed by atoms with Crippen LogP contribution in [0.5, 0.6) is 5.75 Å². The highest BCUT2D eigenvalue weighted by atomic mass is 32.2. The topological polar surface area (TPSA) is 91.6 Å². The number of para-hydroxylation sites is 1. The molecule has 32 heavy (non-hydrogen) atoms.